The monoisotopic (exact) mass is 439 g/mol. The maximum Gasteiger partial charge on any atom is 0.331 e. The Morgan fingerprint density at radius 3 is 2.70 bits per heavy atom. The number of aliphatic imine (C=N–C) groups is 1. The molecule has 8 heteroatoms. The van der Waals surface area contributed by atoms with E-state index in [0.717, 1.165) is 15.0 Å². The maximum absolute atomic E-state index is 12.7. The highest BCUT2D eigenvalue weighted by Crippen LogP contribution is 2.45. The lowest BCUT2D eigenvalue weighted by molar-refractivity contribution is 0.409. The Bertz CT molecular complexity index is 1260. The number of hydrogen-bond acceptors (Lipinski definition) is 5. The molecule has 2 N–H and O–H groups in total. The largest absolute Gasteiger partial charge is 0.494 e. The van der Waals surface area contributed by atoms with Gasteiger partial charge in [-0.05, 0) is 29.8 Å². The van der Waals surface area contributed by atoms with Crippen molar-refractivity contribution >= 4 is 34.8 Å². The lowest BCUT2D eigenvalue weighted by Crippen LogP contribution is -2.34. The number of para-hydroxylation sites is 1. The molecule has 152 valence electrons. The summed E-state index contributed by atoms with van der Waals surface area (Å²) in [4.78, 5) is 32.7. The minimum Gasteiger partial charge on any atom is -0.494 e. The van der Waals surface area contributed by atoms with E-state index in [2.05, 4.69) is 11.6 Å². The smallest absolute Gasteiger partial charge is 0.331 e. The van der Waals surface area contributed by atoms with Crippen molar-refractivity contribution in [2.24, 2.45) is 4.99 Å². The number of aromatic nitrogens is 2. The highest BCUT2D eigenvalue weighted by molar-refractivity contribution is 7.99. The third-order valence-electron chi connectivity index (χ3n) is 4.78. The van der Waals surface area contributed by atoms with Gasteiger partial charge in [-0.2, -0.15) is 0 Å². The average molecular weight is 440 g/mol. The van der Waals surface area contributed by atoms with Gasteiger partial charge in [-0.25, -0.2) is 4.79 Å². The number of rotatable bonds is 4. The number of fused-ring (bicyclic) bond motifs is 1. The molecule has 1 atom stereocenters. The van der Waals surface area contributed by atoms with Crippen LogP contribution in [0.15, 0.2) is 80.7 Å². The summed E-state index contributed by atoms with van der Waals surface area (Å²) in [5.74, 6) is -0.415. The average Bonchev–Trinajstić information content (AvgIpc) is 2.91. The van der Waals surface area contributed by atoms with Gasteiger partial charge in [0, 0.05) is 28.1 Å². The molecule has 2 heterocycles. The highest BCUT2D eigenvalue weighted by atomic mass is 35.5. The predicted molar refractivity (Wildman–Crippen MR) is 120 cm³/mol. The zero-order chi connectivity index (χ0) is 21.3. The molecule has 1 aliphatic heterocycles. The molecule has 0 fully saturated rings. The molecule has 0 unspecified atom stereocenters. The fourth-order valence-corrected chi connectivity index (χ4v) is 4.71. The Kier molecular flexibility index (Phi) is 5.65. The van der Waals surface area contributed by atoms with E-state index in [0.29, 0.717) is 22.8 Å². The van der Waals surface area contributed by atoms with Crippen LogP contribution in [0, 0.1) is 0 Å². The van der Waals surface area contributed by atoms with E-state index in [1.54, 1.807) is 11.8 Å². The zero-order valence-corrected chi connectivity index (χ0v) is 17.4. The van der Waals surface area contributed by atoms with Crippen LogP contribution in [0.5, 0.6) is 5.88 Å². The van der Waals surface area contributed by atoms with Crippen LogP contribution in [0.2, 0.25) is 5.02 Å². The second-order valence-corrected chi connectivity index (χ2v) is 8.43. The summed E-state index contributed by atoms with van der Waals surface area (Å²) in [6, 6.07) is 15.1. The number of halogens is 1. The number of thioether (sulfide) groups is 1. The molecule has 0 spiro atoms. The van der Waals surface area contributed by atoms with Crippen molar-refractivity contribution in [2.75, 3.05) is 0 Å². The van der Waals surface area contributed by atoms with E-state index in [1.165, 1.54) is 6.08 Å². The first-order valence-corrected chi connectivity index (χ1v) is 10.5. The molecule has 0 aliphatic carbocycles. The highest BCUT2D eigenvalue weighted by Gasteiger charge is 2.27. The topological polar surface area (TPSA) is 87.4 Å². The molecule has 4 rings (SSSR count). The fraction of sp³-hybridized carbons (Fsp3) is 0.136. The molecular formula is C22H18ClN3O3S. The molecule has 2 aromatic carbocycles. The van der Waals surface area contributed by atoms with Crippen LogP contribution in [0.1, 0.15) is 22.8 Å². The Morgan fingerprint density at radius 2 is 1.97 bits per heavy atom. The summed E-state index contributed by atoms with van der Waals surface area (Å²) < 4.78 is 1.06. The first-order chi connectivity index (χ1) is 14.5. The standard InChI is InChI=1S/C22H18ClN3O3S/c1-2-11-26-21(28)19(20(27)25-22(26)29)16-12-18(13-7-9-14(23)10-8-13)30-17-6-4-3-5-15(17)24-16/h2-10,18,28H,1,11-12H2,(H,25,27,29)/t18-/m1/s1. The number of nitrogens with zero attached hydrogens (tertiary/aromatic N) is 2. The van der Waals surface area contributed by atoms with Crippen molar-refractivity contribution < 1.29 is 5.11 Å². The summed E-state index contributed by atoms with van der Waals surface area (Å²) in [5, 5.41) is 11.3. The third kappa shape index (κ3) is 3.86. The summed E-state index contributed by atoms with van der Waals surface area (Å²) in [7, 11) is 0. The normalized spacial score (nSPS) is 15.8. The van der Waals surface area contributed by atoms with Crippen molar-refractivity contribution in [1.82, 2.24) is 9.55 Å². The van der Waals surface area contributed by atoms with Crippen molar-refractivity contribution in [3.63, 3.8) is 0 Å². The Hall–Kier alpha value is -3.03. The van der Waals surface area contributed by atoms with Crippen LogP contribution >= 0.6 is 23.4 Å². The van der Waals surface area contributed by atoms with Gasteiger partial charge in [-0.1, -0.05) is 41.9 Å². The van der Waals surface area contributed by atoms with Gasteiger partial charge in [0.15, 0.2) is 0 Å². The molecule has 30 heavy (non-hydrogen) atoms. The van der Waals surface area contributed by atoms with E-state index in [4.69, 9.17) is 16.6 Å². The molecule has 0 saturated carbocycles. The van der Waals surface area contributed by atoms with Gasteiger partial charge in [0.1, 0.15) is 5.56 Å². The first-order valence-electron chi connectivity index (χ1n) is 9.24. The van der Waals surface area contributed by atoms with Crippen LogP contribution in [-0.2, 0) is 6.54 Å². The van der Waals surface area contributed by atoms with Gasteiger partial charge >= 0.3 is 5.69 Å². The van der Waals surface area contributed by atoms with Gasteiger partial charge in [-0.3, -0.25) is 19.3 Å². The molecule has 0 bridgehead atoms. The number of allylic oxidation sites excluding steroid dienone is 1. The van der Waals surface area contributed by atoms with Gasteiger partial charge < -0.3 is 5.11 Å². The second kappa shape index (κ2) is 8.38. The van der Waals surface area contributed by atoms with Gasteiger partial charge in [0.25, 0.3) is 5.56 Å². The minimum atomic E-state index is -0.695. The van der Waals surface area contributed by atoms with Crippen molar-refractivity contribution in [3.8, 4) is 5.88 Å². The van der Waals surface area contributed by atoms with Crippen LogP contribution in [0.4, 0.5) is 5.69 Å². The van der Waals surface area contributed by atoms with Gasteiger partial charge in [-0.15, -0.1) is 18.3 Å². The summed E-state index contributed by atoms with van der Waals surface area (Å²) >= 11 is 7.67. The van der Waals surface area contributed by atoms with Crippen LogP contribution in [0.25, 0.3) is 0 Å². The summed E-state index contributed by atoms with van der Waals surface area (Å²) in [5.41, 5.74) is 0.755. The maximum atomic E-state index is 12.7. The number of nitrogens with one attached hydrogen (secondary N) is 1. The third-order valence-corrected chi connectivity index (χ3v) is 6.36. The second-order valence-electron chi connectivity index (χ2n) is 6.75. The Balaban J connectivity index is 1.90. The molecule has 0 saturated heterocycles. The number of aromatic amines is 1. The first kappa shape index (κ1) is 20.3. The number of hydrogen-bond donors (Lipinski definition) is 2. The Labute approximate surface area is 181 Å². The summed E-state index contributed by atoms with van der Waals surface area (Å²) in [6.07, 6.45) is 1.85. The van der Waals surface area contributed by atoms with Crippen LogP contribution in [-0.4, -0.2) is 20.4 Å². The Morgan fingerprint density at radius 1 is 1.23 bits per heavy atom. The van der Waals surface area contributed by atoms with Gasteiger partial charge in [0.2, 0.25) is 5.88 Å². The molecule has 1 aromatic heterocycles. The molecular weight excluding hydrogens is 422 g/mol. The van der Waals surface area contributed by atoms with E-state index >= 15 is 0 Å². The van der Waals surface area contributed by atoms with E-state index < -0.39 is 17.1 Å². The summed E-state index contributed by atoms with van der Waals surface area (Å²) in [6.45, 7) is 3.66. The van der Waals surface area contributed by atoms with E-state index in [-0.39, 0.29) is 17.4 Å². The predicted octanol–water partition coefficient (Wildman–Crippen LogP) is 4.44. The zero-order valence-electron chi connectivity index (χ0n) is 15.8. The lowest BCUT2D eigenvalue weighted by Gasteiger charge is -2.17. The fourth-order valence-electron chi connectivity index (χ4n) is 3.35. The molecule has 3 aromatic rings. The molecule has 1 aliphatic rings. The number of benzene rings is 2. The van der Waals surface area contributed by atoms with E-state index in [1.807, 2.05) is 48.5 Å². The van der Waals surface area contributed by atoms with Crippen molar-refractivity contribution in [2.45, 2.75) is 23.1 Å². The lowest BCUT2D eigenvalue weighted by atomic mass is 10.0. The van der Waals surface area contributed by atoms with Crippen molar-refractivity contribution in [3.05, 3.63) is 98.2 Å². The molecule has 0 amide bonds. The SMILES string of the molecule is C=CCn1c(O)c(C2=Nc3ccccc3S[C@@H](c3ccc(Cl)cc3)C2)c(=O)[nH]c1=O. The number of aromatic hydroxyl groups is 1. The van der Waals surface area contributed by atoms with Crippen molar-refractivity contribution in [1.29, 1.82) is 0 Å². The van der Waals surface area contributed by atoms with E-state index in [9.17, 15) is 14.7 Å². The van der Waals surface area contributed by atoms with Crippen LogP contribution < -0.4 is 11.2 Å². The minimum absolute atomic E-state index is 0.00674. The number of H-pyrrole nitrogens is 1. The van der Waals surface area contributed by atoms with Crippen LogP contribution in [0.3, 0.4) is 0 Å². The molecule has 6 nitrogen and oxygen atoms in total. The molecule has 0 radical (unpaired) electrons. The quantitative estimate of drug-likeness (QED) is 0.588. The van der Waals surface area contributed by atoms with Gasteiger partial charge in [0.05, 0.1) is 11.4 Å².